The Morgan fingerprint density at radius 3 is 1.15 bits per heavy atom. The van der Waals surface area contributed by atoms with Gasteiger partial charge in [0.1, 0.15) is 64.3 Å². The van der Waals surface area contributed by atoms with Crippen molar-refractivity contribution in [2.24, 2.45) is 30.0 Å². The number of fused-ring (bicyclic) bond motifs is 8. The minimum absolute atomic E-state index is 0. The van der Waals surface area contributed by atoms with Gasteiger partial charge in [-0.15, -0.1) is 0 Å². The van der Waals surface area contributed by atoms with E-state index in [1.807, 2.05) is 0 Å². The van der Waals surface area contributed by atoms with Gasteiger partial charge in [-0.1, -0.05) is 46.4 Å². The van der Waals surface area contributed by atoms with Gasteiger partial charge in [0.05, 0.1) is 28.5 Å². The van der Waals surface area contributed by atoms with Crippen LogP contribution in [0, 0.1) is 0 Å². The fourth-order valence-corrected chi connectivity index (χ4v) is 12.9. The molecule has 5 heterocycles. The third-order valence-corrected chi connectivity index (χ3v) is 17.6. The third-order valence-electron chi connectivity index (χ3n) is 11.8. The van der Waals surface area contributed by atoms with Crippen LogP contribution < -0.4 is 68.0 Å². The molecule has 0 saturated heterocycles. The van der Waals surface area contributed by atoms with E-state index in [-0.39, 0.29) is 110 Å². The van der Waals surface area contributed by atoms with Gasteiger partial charge in [-0.2, -0.15) is 47.1 Å². The van der Waals surface area contributed by atoms with Crippen LogP contribution in [0.2, 0.25) is 20.1 Å². The maximum atomic E-state index is 13.4. The van der Waals surface area contributed by atoms with Crippen LogP contribution >= 0.6 is 46.4 Å². The molecule has 428 valence electrons. The Kier molecular flexibility index (Phi) is 16.2. The van der Waals surface area contributed by atoms with Crippen molar-refractivity contribution in [2.75, 3.05) is 35.7 Å². The van der Waals surface area contributed by atoms with Gasteiger partial charge in [0.2, 0.25) is 17.2 Å². The van der Waals surface area contributed by atoms with Gasteiger partial charge in [-0.3, -0.25) is 32.7 Å². The molecule has 84 heavy (non-hydrogen) atoms. The van der Waals surface area contributed by atoms with Crippen LogP contribution in [0.3, 0.4) is 0 Å². The van der Waals surface area contributed by atoms with Gasteiger partial charge in [-0.05, 0) is 48.5 Å². The average molecular weight is 1330 g/mol. The Hall–Kier alpha value is -5.96. The smallest absolute Gasteiger partial charge is 0.300 e. The van der Waals surface area contributed by atoms with Crippen molar-refractivity contribution in [1.82, 2.24) is 15.0 Å². The van der Waals surface area contributed by atoms with E-state index in [0.29, 0.717) is 0 Å². The summed E-state index contributed by atoms with van der Waals surface area (Å²) in [7, 11) is -24.3. The first-order valence-electron chi connectivity index (χ1n) is 21.9. The van der Waals surface area contributed by atoms with Crippen LogP contribution in [0.4, 0.5) is 51.4 Å². The molecule has 0 bridgehead atoms. The van der Waals surface area contributed by atoms with E-state index in [0.717, 1.165) is 41.3 Å². The van der Waals surface area contributed by atoms with E-state index in [4.69, 9.17) is 76.8 Å². The molecule has 0 fully saturated rings. The fraction of sp³-hybridized carbons (Fsp3) is 0.0714. The van der Waals surface area contributed by atoms with Crippen molar-refractivity contribution in [3.63, 3.8) is 0 Å². The van der Waals surface area contributed by atoms with Crippen molar-refractivity contribution in [1.29, 1.82) is 0 Å². The quantitative estimate of drug-likeness (QED) is 0.0534. The predicted molar refractivity (Wildman–Crippen MR) is 295 cm³/mol. The van der Waals surface area contributed by atoms with Gasteiger partial charge < -0.3 is 35.3 Å². The van der Waals surface area contributed by atoms with Gasteiger partial charge in [-0.25, -0.2) is 30.0 Å². The second-order valence-electron chi connectivity index (χ2n) is 17.2. The summed E-state index contributed by atoms with van der Waals surface area (Å²) in [5, 5.41) is -2.94. The van der Waals surface area contributed by atoms with Crippen LogP contribution in [0.15, 0.2) is 98.1 Å². The normalized spacial score (nSPS) is 14.0. The molecule has 0 aliphatic carbocycles. The number of ether oxygens (including phenoxy) is 4. The van der Waals surface area contributed by atoms with Crippen molar-refractivity contribution in [2.45, 2.75) is 19.6 Å². The summed E-state index contributed by atoms with van der Waals surface area (Å²) in [4.78, 5) is 32.7. The molecule has 42 heteroatoms. The maximum absolute atomic E-state index is 13.4. The zero-order valence-electron chi connectivity index (χ0n) is 41.8. The molecular formula is C42H26Cl4LiN12NaO19S5. The molecule has 7 aromatic rings. The maximum Gasteiger partial charge on any atom is 0.300 e. The van der Waals surface area contributed by atoms with E-state index < -0.39 is 171 Å². The number of hydrogen-bond acceptors (Lipinski definition) is 24. The van der Waals surface area contributed by atoms with Crippen molar-refractivity contribution < 1.29 is 83.8 Å². The van der Waals surface area contributed by atoms with Crippen LogP contribution in [0.5, 0.6) is 46.0 Å². The van der Waals surface area contributed by atoms with E-state index in [2.05, 4.69) is 44.9 Å². The number of aromatic nitrogens is 3. The monoisotopic (exact) mass is 1330 g/mol. The summed E-state index contributed by atoms with van der Waals surface area (Å²) in [6.45, 7) is -0.504. The van der Waals surface area contributed by atoms with E-state index >= 15 is 0 Å². The molecule has 11 N–H and O–H groups in total. The fourth-order valence-electron chi connectivity index (χ4n) is 8.36. The minimum atomic E-state index is -5.45. The topological polar surface area (TPSA) is 483 Å². The second-order valence-corrected chi connectivity index (χ2v) is 25.7. The van der Waals surface area contributed by atoms with Crippen LogP contribution in [0.25, 0.3) is 0 Å². The summed E-state index contributed by atoms with van der Waals surface area (Å²) in [5.41, 5.74) is 7.25. The van der Waals surface area contributed by atoms with Crippen LogP contribution in [-0.4, -0.2) is 148 Å². The molecule has 4 aliphatic rings. The number of rotatable bonds is 10. The molecule has 31 nitrogen and oxygen atoms in total. The Labute approximate surface area is 523 Å². The summed E-state index contributed by atoms with van der Waals surface area (Å²) in [6.07, 6.45) is 0. The Morgan fingerprint density at radius 1 is 0.500 bits per heavy atom. The number of H-pyrrole nitrogens is 2. The van der Waals surface area contributed by atoms with Gasteiger partial charge >= 0.3 is 20.2 Å². The molecule has 11 rings (SSSR count). The van der Waals surface area contributed by atoms with Crippen LogP contribution in [-0.2, 0) is 50.6 Å². The number of nitrogens with one attached hydrogen (secondary N) is 2. The molecule has 0 spiro atoms. The number of aromatic amines is 2. The molecular weight excluding hydrogens is 1310 g/mol. The Bertz CT molecular complexity index is 4930. The average Bonchev–Trinajstić information content (AvgIpc) is 0.852. The second kappa shape index (κ2) is 21.8. The molecule has 1 aromatic heterocycles. The molecule has 4 aliphatic heterocycles. The van der Waals surface area contributed by atoms with E-state index in [1.165, 1.54) is 19.2 Å². The standard InChI is InChI=1S/C42H26Cl4N12O19S5.Li.Na/c1-58(10-11-78(59,60)61)42-56-40(53-18-8-6-16-30(38(18)81(68,69)70)76-34-22(45)24-32(20(43)26(34)51-16)74-28-14(49-24)4-2-12(47)36(28)79(62,63)64)55-41(57-42)54-19-9-7-17-31(39(19)82(71,72)73)77-35-23(46)25-33(21(44)27(35)52-17)75-29-15(50-25)5-3-13(48)37(29)80(65,66)67;;/h2-9H,10-11,47-48H2,1H3,(H,59,60,61)(H,62,63,64)(H,65,66,67)(H,68,69,70)(H,71,72,73)(H2,53,54,55,56,57);;. The number of anilines is 3. The number of nitrogen functional groups attached to an aromatic ring is 2. The molecule has 0 amide bonds. The first-order valence-corrected chi connectivity index (χ1v) is 30.8. The molecule has 0 unspecified atom stereocenters. The first kappa shape index (κ1) is 62.6. The van der Waals surface area contributed by atoms with Gasteiger partial charge in [0.25, 0.3) is 30.4 Å². The van der Waals surface area contributed by atoms with Gasteiger partial charge in [0, 0.05) is 62.0 Å². The number of nitrogens with two attached hydrogens (primary N) is 2. The number of halogens is 4. The summed E-state index contributed by atoms with van der Waals surface area (Å²) >= 11 is 27.0. The SMILES string of the molecule is CN(CCS(=O)(=O)O)c1nc(=Nc2ccc3c(c2S(=O)(=O)O)Oc2c(Cl)c4c(c(Cl)c2=N3)Oc2c(ccc(N)c2S(=O)(=O)O)N=4)[nH]c(=Nc2ccc3c(c2S(=O)(=O)O)Oc2c(Cl)c4c(c(Cl)c2=N3)Oc2c(ccc(N)c2S(=O)(=O)O)N=4)[nH]1.[Li].[Na]. The number of hydrogen-bond donors (Lipinski definition) is 9. The molecule has 0 atom stereocenters. The van der Waals surface area contributed by atoms with Gasteiger partial charge in [0.15, 0.2) is 65.6 Å². The zero-order chi connectivity index (χ0) is 59.2. The Balaban J connectivity index is 0.00000423. The largest absolute Gasteiger partial charge is 0.450 e. The van der Waals surface area contributed by atoms with Crippen molar-refractivity contribution in [3.8, 4) is 46.0 Å². The molecule has 0 saturated carbocycles. The van der Waals surface area contributed by atoms with E-state index in [1.54, 1.807) is 0 Å². The Morgan fingerprint density at radius 2 is 0.821 bits per heavy atom. The molecule has 2 radical (unpaired) electrons. The number of benzene rings is 6. The number of nitrogens with zero attached hydrogens (tertiary/aromatic N) is 8. The zero-order valence-corrected chi connectivity index (χ0v) is 50.9. The van der Waals surface area contributed by atoms with E-state index in [9.17, 15) is 64.9 Å². The third kappa shape index (κ3) is 11.1. The minimum Gasteiger partial charge on any atom is -0.450 e. The summed E-state index contributed by atoms with van der Waals surface area (Å²) < 4.78 is 201. The van der Waals surface area contributed by atoms with Crippen LogP contribution in [0.1, 0.15) is 0 Å². The molecule has 6 aromatic carbocycles. The summed E-state index contributed by atoms with van der Waals surface area (Å²) in [6, 6.07) is 8.94. The predicted octanol–water partition coefficient (Wildman–Crippen LogP) is 3.76. The first-order chi connectivity index (χ1) is 38.2. The van der Waals surface area contributed by atoms with Crippen molar-refractivity contribution in [3.05, 3.63) is 101 Å². The van der Waals surface area contributed by atoms with Crippen molar-refractivity contribution >= 4 is 197 Å². The summed E-state index contributed by atoms with van der Waals surface area (Å²) in [5.74, 6) is -5.43.